The summed E-state index contributed by atoms with van der Waals surface area (Å²) in [5.74, 6) is -0.406. The molecule has 0 radical (unpaired) electrons. The van der Waals surface area contributed by atoms with Gasteiger partial charge in [-0.15, -0.1) is 11.3 Å². The molecule has 1 aliphatic rings. The van der Waals surface area contributed by atoms with Crippen molar-refractivity contribution in [3.8, 4) is 0 Å². The summed E-state index contributed by atoms with van der Waals surface area (Å²) in [6.45, 7) is 8.47. The Morgan fingerprint density at radius 3 is 2.15 bits per heavy atom. The van der Waals surface area contributed by atoms with Crippen LogP contribution in [0, 0.1) is 5.92 Å². The first-order valence-electron chi connectivity index (χ1n) is 24.9. The average Bonchev–Trinajstić information content (AvgIpc) is 4.10. The number of nitrogens with two attached hydrogens (primary N) is 2. The van der Waals surface area contributed by atoms with E-state index in [0.29, 0.717) is 30.0 Å². The fraction of sp³-hybridized carbons (Fsp3) is 0.442. The van der Waals surface area contributed by atoms with Crippen LogP contribution in [0.3, 0.4) is 0 Å². The maximum Gasteiger partial charge on any atom is -0.0569 e. The number of unbranched alkanes of at least 4 members (excludes halogenated alkanes) is 1. The van der Waals surface area contributed by atoms with Gasteiger partial charge in [0, 0.05) is 31.7 Å². The fourth-order valence-corrected chi connectivity index (χ4v) is 11.1. The molecule has 0 unspecified atom stereocenters. The molecule has 1 aliphatic heterocycles. The molecule has 7 amide bonds. The molecular formula is C52H66IN10O11S-. The third kappa shape index (κ3) is 17.8. The minimum atomic E-state index is -1.29. The van der Waals surface area contributed by atoms with Gasteiger partial charge in [0.05, 0.1) is 15.7 Å². The van der Waals surface area contributed by atoms with Crippen LogP contribution in [0.5, 0.6) is 0 Å². The Balaban J connectivity index is 0.911. The predicted octanol–water partition coefficient (Wildman–Crippen LogP) is 1.92. The van der Waals surface area contributed by atoms with E-state index in [1.165, 1.54) is 12.2 Å². The number of nitrogens with one attached hydrogen (secondary N) is 4. The summed E-state index contributed by atoms with van der Waals surface area (Å²) in [5.41, 5.74) is 17.3. The van der Waals surface area contributed by atoms with E-state index in [9.17, 15) is 33.6 Å². The van der Waals surface area contributed by atoms with E-state index in [1.54, 1.807) is 35.6 Å². The Labute approximate surface area is 449 Å². The molecular weight excluding hydrogens is 1100 g/mol. The van der Waals surface area contributed by atoms with Crippen molar-refractivity contribution in [3.05, 3.63) is 94.6 Å². The van der Waals surface area contributed by atoms with Crippen LogP contribution in [0.2, 0.25) is 0 Å². The number of hydrogen-bond donors (Lipinski definition) is 6. The number of rotatable bonds is 32. The third-order valence-corrected chi connectivity index (χ3v) is 16.6. The van der Waals surface area contributed by atoms with E-state index in [1.807, 2.05) is 49.6 Å². The largest absolute Gasteiger partial charge is 0.0569 e. The van der Waals surface area contributed by atoms with E-state index < -0.39 is 55.1 Å². The zero-order chi connectivity index (χ0) is 53.7. The first-order valence-corrected chi connectivity index (χ1v) is 28.1. The van der Waals surface area contributed by atoms with E-state index in [4.69, 9.17) is 35.4 Å². The van der Waals surface area contributed by atoms with Gasteiger partial charge < -0.3 is 15.6 Å². The van der Waals surface area contributed by atoms with Gasteiger partial charge >= 0.3 is 253 Å². The maximum atomic E-state index is 13.7. The quantitative estimate of drug-likeness (QED) is 0.0118. The molecule has 23 heteroatoms. The summed E-state index contributed by atoms with van der Waals surface area (Å²) in [4.78, 5) is 98.1. The van der Waals surface area contributed by atoms with Crippen LogP contribution in [0.1, 0.15) is 75.4 Å². The van der Waals surface area contributed by atoms with Crippen LogP contribution in [-0.4, -0.2) is 122 Å². The monoisotopic (exact) mass is 1170 g/mol. The summed E-state index contributed by atoms with van der Waals surface area (Å²) >= 11 is 0.341. The molecule has 404 valence electrons. The molecule has 8 N–H and O–H groups in total. The van der Waals surface area contributed by atoms with Crippen molar-refractivity contribution in [2.24, 2.45) is 11.7 Å². The molecule has 0 saturated heterocycles. The maximum absolute atomic E-state index is 13.7. The number of anilines is 2. The van der Waals surface area contributed by atoms with Crippen molar-refractivity contribution in [1.82, 2.24) is 35.4 Å². The fourth-order valence-electron chi connectivity index (χ4n) is 7.79. The number of benzene rings is 2. The number of pyridine rings is 1. The van der Waals surface area contributed by atoms with Crippen LogP contribution < -0.4 is 53.9 Å². The van der Waals surface area contributed by atoms with E-state index >= 15 is 0 Å². The summed E-state index contributed by atoms with van der Waals surface area (Å²) < 4.78 is 24.5. The second kappa shape index (κ2) is 29.5. The van der Waals surface area contributed by atoms with Crippen molar-refractivity contribution in [2.45, 2.75) is 89.0 Å². The number of thiophene rings is 1. The van der Waals surface area contributed by atoms with Crippen molar-refractivity contribution < 1.29 is 73.7 Å². The summed E-state index contributed by atoms with van der Waals surface area (Å²) in [6.07, 6.45) is 5.35. The second-order valence-corrected chi connectivity index (χ2v) is 21.9. The first-order chi connectivity index (χ1) is 36.2. The van der Waals surface area contributed by atoms with Crippen LogP contribution >= 0.6 is 11.3 Å². The molecule has 2 aromatic carbocycles. The molecule has 21 nitrogen and oxygen atoms in total. The minimum absolute atomic E-state index is 0.0216. The summed E-state index contributed by atoms with van der Waals surface area (Å²) in [7, 11) is 0. The van der Waals surface area contributed by atoms with E-state index in [-0.39, 0.29) is 100 Å². The second-order valence-electron chi connectivity index (χ2n) is 17.8. The van der Waals surface area contributed by atoms with Gasteiger partial charge in [0.25, 0.3) is 11.8 Å². The minimum Gasteiger partial charge on any atom is -0.0569 e. The predicted molar refractivity (Wildman–Crippen MR) is 279 cm³/mol. The Kier molecular flexibility index (Phi) is 22.7. The molecule has 0 bridgehead atoms. The number of primary amides is 1. The van der Waals surface area contributed by atoms with Crippen molar-refractivity contribution >= 4 is 83.6 Å². The van der Waals surface area contributed by atoms with Crippen molar-refractivity contribution in [1.29, 1.82) is 0 Å². The van der Waals surface area contributed by atoms with Gasteiger partial charge in [0.2, 0.25) is 0 Å². The smallest absolute Gasteiger partial charge is 0.0569 e. The van der Waals surface area contributed by atoms with Gasteiger partial charge in [-0.25, -0.2) is 14.8 Å². The van der Waals surface area contributed by atoms with E-state index in [0.717, 1.165) is 62.4 Å². The van der Waals surface area contributed by atoms with Gasteiger partial charge in [-0.1, -0.05) is 37.6 Å². The van der Waals surface area contributed by atoms with Crippen molar-refractivity contribution in [2.75, 3.05) is 63.8 Å². The molecule has 0 saturated carbocycles. The zero-order valence-electron chi connectivity index (χ0n) is 42.4. The first kappa shape index (κ1) is 57.7. The number of aryl methyl sites for hydroxylation is 1. The topological polar surface area (TPSA) is 291 Å². The third-order valence-electron chi connectivity index (χ3n) is 11.8. The number of carbonyl (C=O) groups excluding carboxylic acids is 7. The molecule has 3 aromatic heterocycles. The normalized spacial score (nSPS) is 13.2. The van der Waals surface area contributed by atoms with Gasteiger partial charge in [-0.2, -0.15) is 0 Å². The van der Waals surface area contributed by atoms with Gasteiger partial charge in [-0.05, 0) is 29.0 Å². The number of alkyl halides is 1. The Hall–Kier alpha value is -6.54. The molecule has 5 aromatic rings. The summed E-state index contributed by atoms with van der Waals surface area (Å²) in [5, 5.41) is 13.0. The number of ether oxygens (including phenoxy) is 4. The molecule has 6 rings (SSSR count). The Morgan fingerprint density at radius 1 is 0.800 bits per heavy atom. The molecule has 0 spiro atoms. The Bertz CT molecular complexity index is 2770. The number of nitrogen functional groups attached to an aromatic ring is 1. The average molecular weight is 1170 g/mol. The number of alkyl carbamates (subject to hydrolysis) is 1. The number of hydrogen-bond acceptors (Lipinski definition) is 15. The number of fused-ring (bicyclic) bond motifs is 3. The van der Waals surface area contributed by atoms with Crippen LogP contribution in [0.25, 0.3) is 21.3 Å². The number of imide groups is 1. The van der Waals surface area contributed by atoms with Crippen LogP contribution in [0.4, 0.5) is 21.1 Å². The number of carbonyl (C=O) groups is 7. The number of halogens is 1. The zero-order valence-corrected chi connectivity index (χ0v) is 45.4. The molecule has 0 fully saturated rings. The standard InChI is InChI=1S/C52H66IN10O11S/c1-4-5-8-41-61-45-46(47-38(20-29-75-47)59-48(45)54)63(41)31-35-11-9-34(10-12-35)30-57-52(70)74-32-36-13-15-37(16-14-36)58-49(67)39(7-6-21-56-51(55)69)60-50(68)44(33(2)3)53-40(64)19-23-71-25-27-73-28-26-72-24-22-62-42(65)17-18-43(62)66/h9-18,20,29,33,39,44H,4-8,19,21-28,30-32H2,1-3H3,(H2,54,59)(H,57,70)(H,58,67)(H,60,68)(H3,55,56,69)/q-1/t39-,44-/m0/s1. The SMILES string of the molecule is CCCCc1nc2c(N)nc3ccsc3c2n1Cc1ccc(CNC(=O)OCc2ccc(NC(=O)[C@H](CCCNC(N)=O)NC(=O)[C@@H]([I-]C(=O)CCOCCOCCOCCN3C(=O)C=CC3=O)C(C)C)cc2)cc1. The van der Waals surface area contributed by atoms with Gasteiger partial charge in [-0.3, -0.25) is 14.5 Å². The van der Waals surface area contributed by atoms with E-state index in [2.05, 4.69) is 37.7 Å². The van der Waals surface area contributed by atoms with Gasteiger partial charge in [0.1, 0.15) is 11.3 Å². The number of aromatic nitrogens is 3. The molecule has 0 aliphatic carbocycles. The van der Waals surface area contributed by atoms with Crippen LogP contribution in [-0.2, 0) is 69.0 Å². The number of amides is 7. The van der Waals surface area contributed by atoms with Crippen molar-refractivity contribution in [3.63, 3.8) is 0 Å². The number of nitrogens with zero attached hydrogens (tertiary/aromatic N) is 4. The number of imidazole rings is 1. The van der Waals surface area contributed by atoms with Gasteiger partial charge in [0.15, 0.2) is 5.82 Å². The molecule has 4 heterocycles. The van der Waals surface area contributed by atoms with Crippen LogP contribution in [0.15, 0.2) is 72.1 Å². The Morgan fingerprint density at radius 2 is 1.47 bits per heavy atom. The number of urea groups is 1. The molecule has 2 atom stereocenters. The molecule has 75 heavy (non-hydrogen) atoms. The summed E-state index contributed by atoms with van der Waals surface area (Å²) in [6, 6.07) is 15.0.